The summed E-state index contributed by atoms with van der Waals surface area (Å²) in [4.78, 5) is 0. The molecule has 1 aromatic heterocycles. The SMILES string of the molecule is CCCCCCCCCCCCCCCCCCCn1cc[n+](CCC)c1CC. The number of hydrogen-bond acceptors (Lipinski definition) is 0. The summed E-state index contributed by atoms with van der Waals surface area (Å²) in [6, 6.07) is 0. The van der Waals surface area contributed by atoms with Gasteiger partial charge in [-0.3, -0.25) is 0 Å². The number of unbranched alkanes of at least 4 members (excludes halogenated alkanes) is 16. The summed E-state index contributed by atoms with van der Waals surface area (Å²) >= 11 is 0. The molecule has 1 aromatic rings. The monoisotopic (exact) mass is 405 g/mol. The van der Waals surface area contributed by atoms with Gasteiger partial charge in [0.15, 0.2) is 0 Å². The maximum absolute atomic E-state index is 2.49. The fourth-order valence-electron chi connectivity index (χ4n) is 4.56. The Balaban J connectivity index is 1.85. The van der Waals surface area contributed by atoms with Crippen molar-refractivity contribution in [1.29, 1.82) is 0 Å². The van der Waals surface area contributed by atoms with Gasteiger partial charge in [-0.1, -0.05) is 117 Å². The molecule has 0 amide bonds. The lowest BCUT2D eigenvalue weighted by Gasteiger charge is -2.04. The Kier molecular flexibility index (Phi) is 17.4. The Morgan fingerprint density at radius 1 is 0.586 bits per heavy atom. The maximum Gasteiger partial charge on any atom is 0.256 e. The van der Waals surface area contributed by atoms with Gasteiger partial charge in [0.05, 0.1) is 13.1 Å². The average molecular weight is 406 g/mol. The third-order valence-electron chi connectivity index (χ3n) is 6.37. The Morgan fingerprint density at radius 3 is 1.45 bits per heavy atom. The van der Waals surface area contributed by atoms with Crippen molar-refractivity contribution in [2.75, 3.05) is 0 Å². The molecule has 0 saturated heterocycles. The number of aromatic nitrogens is 2. The van der Waals surface area contributed by atoms with Crippen molar-refractivity contribution < 1.29 is 4.57 Å². The molecule has 1 heterocycles. The third kappa shape index (κ3) is 13.2. The molecule has 0 aliphatic carbocycles. The second kappa shape index (κ2) is 19.2. The van der Waals surface area contributed by atoms with Crippen LogP contribution in [0, 0.1) is 0 Å². The second-order valence-electron chi connectivity index (χ2n) is 9.11. The molecule has 0 bridgehead atoms. The third-order valence-corrected chi connectivity index (χ3v) is 6.37. The summed E-state index contributed by atoms with van der Waals surface area (Å²) in [5.41, 5.74) is 0. The molecule has 0 aliphatic heterocycles. The number of aryl methyl sites for hydroxylation is 2. The van der Waals surface area contributed by atoms with Crippen molar-refractivity contribution in [2.45, 2.75) is 156 Å². The Hall–Kier alpha value is -0.790. The van der Waals surface area contributed by atoms with Gasteiger partial charge in [-0.05, 0) is 19.3 Å². The van der Waals surface area contributed by atoms with Crippen molar-refractivity contribution in [3.05, 3.63) is 18.2 Å². The van der Waals surface area contributed by atoms with Gasteiger partial charge in [-0.15, -0.1) is 0 Å². The first-order valence-electron chi connectivity index (χ1n) is 13.4. The summed E-state index contributed by atoms with van der Waals surface area (Å²) in [5, 5.41) is 0. The fraction of sp³-hybridized carbons (Fsp3) is 0.889. The van der Waals surface area contributed by atoms with Gasteiger partial charge in [-0.25, -0.2) is 9.13 Å². The van der Waals surface area contributed by atoms with Crippen LogP contribution in [-0.4, -0.2) is 4.57 Å². The predicted octanol–water partition coefficient (Wildman–Crippen LogP) is 8.40. The minimum absolute atomic E-state index is 1.14. The van der Waals surface area contributed by atoms with Crippen molar-refractivity contribution in [1.82, 2.24) is 4.57 Å². The minimum Gasteiger partial charge on any atom is -0.234 e. The second-order valence-corrected chi connectivity index (χ2v) is 9.11. The minimum atomic E-state index is 1.14. The molecule has 0 aliphatic rings. The van der Waals surface area contributed by atoms with Gasteiger partial charge in [0.25, 0.3) is 5.82 Å². The zero-order valence-electron chi connectivity index (χ0n) is 20.4. The van der Waals surface area contributed by atoms with Crippen molar-refractivity contribution >= 4 is 0 Å². The van der Waals surface area contributed by atoms with Gasteiger partial charge >= 0.3 is 0 Å². The number of hydrogen-bond donors (Lipinski definition) is 0. The van der Waals surface area contributed by atoms with E-state index in [9.17, 15) is 0 Å². The quantitative estimate of drug-likeness (QED) is 0.143. The first-order chi connectivity index (χ1) is 14.3. The largest absolute Gasteiger partial charge is 0.256 e. The molecule has 0 saturated carbocycles. The lowest BCUT2D eigenvalue weighted by molar-refractivity contribution is -0.703. The highest BCUT2D eigenvalue weighted by molar-refractivity contribution is 4.82. The molecular weight excluding hydrogens is 352 g/mol. The predicted molar refractivity (Wildman–Crippen MR) is 128 cm³/mol. The van der Waals surface area contributed by atoms with Crippen LogP contribution in [0.1, 0.15) is 142 Å². The van der Waals surface area contributed by atoms with E-state index in [0.717, 1.165) is 13.0 Å². The van der Waals surface area contributed by atoms with Gasteiger partial charge in [0.2, 0.25) is 0 Å². The van der Waals surface area contributed by atoms with E-state index in [0.29, 0.717) is 0 Å². The van der Waals surface area contributed by atoms with Gasteiger partial charge in [0.1, 0.15) is 12.4 Å². The van der Waals surface area contributed by atoms with Crippen LogP contribution in [0.3, 0.4) is 0 Å². The lowest BCUT2D eigenvalue weighted by atomic mass is 10.0. The summed E-state index contributed by atoms with van der Waals surface area (Å²) < 4.78 is 4.93. The number of rotatable bonds is 21. The molecule has 0 aromatic carbocycles. The molecule has 0 atom stereocenters. The zero-order valence-corrected chi connectivity index (χ0v) is 20.4. The van der Waals surface area contributed by atoms with Crippen LogP contribution in [-0.2, 0) is 19.5 Å². The Labute approximate surface area is 183 Å². The summed E-state index contributed by atoms with van der Waals surface area (Å²) in [6.45, 7) is 9.22. The van der Waals surface area contributed by atoms with E-state index in [2.05, 4.69) is 42.3 Å². The van der Waals surface area contributed by atoms with Crippen LogP contribution in [0.5, 0.6) is 0 Å². The Bertz CT molecular complexity index is 463. The van der Waals surface area contributed by atoms with Gasteiger partial charge < -0.3 is 0 Å². The van der Waals surface area contributed by atoms with E-state index in [1.807, 2.05) is 0 Å². The van der Waals surface area contributed by atoms with Crippen LogP contribution in [0.25, 0.3) is 0 Å². The van der Waals surface area contributed by atoms with E-state index in [4.69, 9.17) is 0 Å². The van der Waals surface area contributed by atoms with E-state index >= 15 is 0 Å². The van der Waals surface area contributed by atoms with Crippen LogP contribution < -0.4 is 4.57 Å². The maximum atomic E-state index is 2.49. The molecule has 0 N–H and O–H groups in total. The fourth-order valence-corrected chi connectivity index (χ4v) is 4.56. The summed E-state index contributed by atoms with van der Waals surface area (Å²) in [7, 11) is 0. The van der Waals surface area contributed by atoms with Gasteiger partial charge in [0, 0.05) is 6.42 Å². The summed E-state index contributed by atoms with van der Waals surface area (Å²) in [5.74, 6) is 1.50. The molecule has 29 heavy (non-hydrogen) atoms. The van der Waals surface area contributed by atoms with Crippen molar-refractivity contribution in [3.8, 4) is 0 Å². The molecule has 0 unspecified atom stereocenters. The smallest absolute Gasteiger partial charge is 0.234 e. The van der Waals surface area contributed by atoms with Crippen molar-refractivity contribution in [2.24, 2.45) is 0 Å². The molecule has 2 nitrogen and oxygen atoms in total. The first-order valence-corrected chi connectivity index (χ1v) is 13.4. The van der Waals surface area contributed by atoms with E-state index in [1.165, 1.54) is 128 Å². The molecule has 2 heteroatoms. The van der Waals surface area contributed by atoms with Crippen LogP contribution in [0.2, 0.25) is 0 Å². The Morgan fingerprint density at radius 2 is 1.03 bits per heavy atom. The summed E-state index contributed by atoms with van der Waals surface area (Å²) in [6.07, 6.45) is 31.5. The average Bonchev–Trinajstić information content (AvgIpc) is 3.12. The van der Waals surface area contributed by atoms with Crippen LogP contribution in [0.4, 0.5) is 0 Å². The highest BCUT2D eigenvalue weighted by atomic mass is 15.1. The molecule has 0 spiro atoms. The highest BCUT2D eigenvalue weighted by Crippen LogP contribution is 2.14. The van der Waals surface area contributed by atoms with Crippen LogP contribution in [0.15, 0.2) is 12.4 Å². The van der Waals surface area contributed by atoms with Crippen LogP contribution >= 0.6 is 0 Å². The molecule has 170 valence electrons. The van der Waals surface area contributed by atoms with Gasteiger partial charge in [-0.2, -0.15) is 0 Å². The number of imidazole rings is 1. The lowest BCUT2D eigenvalue weighted by Crippen LogP contribution is -2.36. The topological polar surface area (TPSA) is 8.81 Å². The van der Waals surface area contributed by atoms with E-state index in [-0.39, 0.29) is 0 Å². The normalized spacial score (nSPS) is 11.4. The molecule has 0 fully saturated rings. The molecule has 0 radical (unpaired) electrons. The zero-order chi connectivity index (χ0) is 21.0. The van der Waals surface area contributed by atoms with Crippen molar-refractivity contribution in [3.63, 3.8) is 0 Å². The standard InChI is InChI=1S/C27H53N2/c1-4-7-8-9-10-11-12-13-14-15-16-17-18-19-20-21-22-24-29-26-25-28(23-5-2)27(29)6-3/h25-26H,4-24H2,1-3H3/q+1. The first kappa shape index (κ1) is 26.2. The number of nitrogens with zero attached hydrogens (tertiary/aromatic N) is 2. The van der Waals surface area contributed by atoms with E-state index in [1.54, 1.807) is 0 Å². The highest BCUT2D eigenvalue weighted by Gasteiger charge is 2.13. The van der Waals surface area contributed by atoms with E-state index < -0.39 is 0 Å². The molecule has 1 rings (SSSR count). The molecular formula is C27H53N2+.